The first-order valence-electron chi connectivity index (χ1n) is 6.47. The van der Waals surface area contributed by atoms with Crippen LogP contribution < -0.4 is 10.6 Å². The third-order valence-corrected chi connectivity index (χ3v) is 3.46. The van der Waals surface area contributed by atoms with Gasteiger partial charge in [-0.05, 0) is 12.1 Å². The van der Waals surface area contributed by atoms with Crippen LogP contribution in [-0.4, -0.2) is 45.0 Å². The fraction of sp³-hybridized carbons (Fsp3) is 0.500. The zero-order chi connectivity index (χ0) is 13.8. The molecule has 1 rings (SSSR count). The number of methoxy groups -OCH3 is 1. The van der Waals surface area contributed by atoms with Gasteiger partial charge in [0.1, 0.15) is 0 Å². The standard InChI is InChI=1S/C14H22N2O2S.ClH/c1-18-11-10-15-8-9-16-14(17)7-12-19-13-5-3-2-4-6-13;/h2-6,15H,7-12H2,1H3,(H,16,17);1H. The summed E-state index contributed by atoms with van der Waals surface area (Å²) < 4.78 is 4.91. The maximum atomic E-state index is 11.5. The van der Waals surface area contributed by atoms with Crippen molar-refractivity contribution in [2.75, 3.05) is 39.1 Å². The van der Waals surface area contributed by atoms with Crippen LogP contribution >= 0.6 is 24.2 Å². The molecule has 0 aliphatic rings. The number of carbonyl (C=O) groups excluding carboxylic acids is 1. The first-order valence-corrected chi connectivity index (χ1v) is 7.45. The first-order chi connectivity index (χ1) is 9.33. The van der Waals surface area contributed by atoms with Crippen molar-refractivity contribution in [2.45, 2.75) is 11.3 Å². The predicted octanol–water partition coefficient (Wildman–Crippen LogP) is 1.94. The molecule has 0 aromatic heterocycles. The van der Waals surface area contributed by atoms with Crippen LogP contribution in [0.3, 0.4) is 0 Å². The van der Waals surface area contributed by atoms with Crippen molar-refractivity contribution in [3.63, 3.8) is 0 Å². The number of ether oxygens (including phenoxy) is 1. The number of nitrogens with one attached hydrogen (secondary N) is 2. The van der Waals surface area contributed by atoms with Crippen LogP contribution in [0.15, 0.2) is 35.2 Å². The Bertz CT molecular complexity index is 352. The van der Waals surface area contributed by atoms with Gasteiger partial charge in [0.2, 0.25) is 5.91 Å². The van der Waals surface area contributed by atoms with Crippen LogP contribution in [0.1, 0.15) is 6.42 Å². The second-order valence-corrected chi connectivity index (χ2v) is 5.17. The molecule has 1 aromatic carbocycles. The van der Waals surface area contributed by atoms with E-state index in [-0.39, 0.29) is 18.3 Å². The normalized spacial score (nSPS) is 9.85. The van der Waals surface area contributed by atoms with E-state index < -0.39 is 0 Å². The Balaban J connectivity index is 0.00000361. The molecule has 0 bridgehead atoms. The summed E-state index contributed by atoms with van der Waals surface area (Å²) in [5.41, 5.74) is 0. The largest absolute Gasteiger partial charge is 0.383 e. The van der Waals surface area contributed by atoms with E-state index in [0.29, 0.717) is 19.6 Å². The fourth-order valence-electron chi connectivity index (χ4n) is 1.46. The summed E-state index contributed by atoms with van der Waals surface area (Å²) in [5, 5.41) is 6.07. The van der Waals surface area contributed by atoms with E-state index in [0.717, 1.165) is 18.8 Å². The number of hydrogen-bond acceptors (Lipinski definition) is 4. The van der Waals surface area contributed by atoms with Crippen LogP contribution in [-0.2, 0) is 9.53 Å². The molecule has 1 amide bonds. The monoisotopic (exact) mass is 318 g/mol. The molecular weight excluding hydrogens is 296 g/mol. The molecule has 0 saturated carbocycles. The lowest BCUT2D eigenvalue weighted by molar-refractivity contribution is -0.120. The number of rotatable bonds is 10. The van der Waals surface area contributed by atoms with Gasteiger partial charge in [-0.1, -0.05) is 18.2 Å². The molecule has 114 valence electrons. The molecule has 0 saturated heterocycles. The number of hydrogen-bond donors (Lipinski definition) is 2. The Labute approximate surface area is 131 Å². The lowest BCUT2D eigenvalue weighted by atomic mass is 10.4. The zero-order valence-corrected chi connectivity index (χ0v) is 13.4. The van der Waals surface area contributed by atoms with E-state index in [1.165, 1.54) is 4.90 Å². The minimum atomic E-state index is 0. The van der Waals surface area contributed by atoms with Crippen molar-refractivity contribution >= 4 is 30.1 Å². The molecule has 0 spiro atoms. The number of thioether (sulfide) groups is 1. The third kappa shape index (κ3) is 10.1. The molecule has 0 heterocycles. The quantitative estimate of drug-likeness (QED) is 0.511. The number of carbonyl (C=O) groups is 1. The highest BCUT2D eigenvalue weighted by molar-refractivity contribution is 7.99. The van der Waals surface area contributed by atoms with Crippen molar-refractivity contribution in [1.29, 1.82) is 0 Å². The van der Waals surface area contributed by atoms with Gasteiger partial charge in [-0.3, -0.25) is 4.79 Å². The molecule has 0 fully saturated rings. The summed E-state index contributed by atoms with van der Waals surface area (Å²) in [6.45, 7) is 2.96. The van der Waals surface area contributed by atoms with E-state index in [2.05, 4.69) is 22.8 Å². The van der Waals surface area contributed by atoms with Gasteiger partial charge in [0.25, 0.3) is 0 Å². The number of halogens is 1. The maximum Gasteiger partial charge on any atom is 0.220 e. The fourth-order valence-corrected chi connectivity index (χ4v) is 2.33. The zero-order valence-electron chi connectivity index (χ0n) is 11.8. The molecule has 0 atom stereocenters. The summed E-state index contributed by atoms with van der Waals surface area (Å²) in [5.74, 6) is 0.921. The maximum absolute atomic E-state index is 11.5. The van der Waals surface area contributed by atoms with Crippen molar-refractivity contribution < 1.29 is 9.53 Å². The van der Waals surface area contributed by atoms with E-state index in [1.54, 1.807) is 18.9 Å². The Morgan fingerprint density at radius 1 is 1.20 bits per heavy atom. The SMILES string of the molecule is COCCNCCNC(=O)CCSc1ccccc1.Cl. The van der Waals surface area contributed by atoms with Crippen molar-refractivity contribution in [2.24, 2.45) is 0 Å². The van der Waals surface area contributed by atoms with Gasteiger partial charge >= 0.3 is 0 Å². The van der Waals surface area contributed by atoms with Crippen molar-refractivity contribution in [3.05, 3.63) is 30.3 Å². The van der Waals surface area contributed by atoms with Crippen LogP contribution in [0.5, 0.6) is 0 Å². The van der Waals surface area contributed by atoms with Gasteiger partial charge in [0, 0.05) is 43.8 Å². The number of amides is 1. The minimum Gasteiger partial charge on any atom is -0.383 e. The van der Waals surface area contributed by atoms with Gasteiger partial charge < -0.3 is 15.4 Å². The van der Waals surface area contributed by atoms with E-state index in [9.17, 15) is 4.79 Å². The molecule has 4 nitrogen and oxygen atoms in total. The lowest BCUT2D eigenvalue weighted by Gasteiger charge is -2.06. The summed E-state index contributed by atoms with van der Waals surface area (Å²) in [6, 6.07) is 10.1. The Kier molecular flexibility index (Phi) is 12.7. The minimum absolute atomic E-state index is 0. The third-order valence-electron chi connectivity index (χ3n) is 2.45. The molecular formula is C14H23ClN2O2S. The molecule has 0 aliphatic heterocycles. The Hall–Kier alpha value is -0.750. The smallest absolute Gasteiger partial charge is 0.220 e. The van der Waals surface area contributed by atoms with E-state index in [4.69, 9.17) is 4.74 Å². The highest BCUT2D eigenvalue weighted by atomic mass is 35.5. The topological polar surface area (TPSA) is 50.4 Å². The Morgan fingerprint density at radius 3 is 2.65 bits per heavy atom. The van der Waals surface area contributed by atoms with Crippen LogP contribution in [0.25, 0.3) is 0 Å². The van der Waals surface area contributed by atoms with Crippen LogP contribution in [0.4, 0.5) is 0 Å². The van der Waals surface area contributed by atoms with Crippen LogP contribution in [0.2, 0.25) is 0 Å². The summed E-state index contributed by atoms with van der Waals surface area (Å²) in [4.78, 5) is 12.8. The van der Waals surface area contributed by atoms with Crippen molar-refractivity contribution in [1.82, 2.24) is 10.6 Å². The second-order valence-electron chi connectivity index (χ2n) is 4.00. The first kappa shape index (κ1) is 19.2. The summed E-state index contributed by atoms with van der Waals surface area (Å²) in [7, 11) is 1.67. The molecule has 0 radical (unpaired) electrons. The van der Waals surface area contributed by atoms with Gasteiger partial charge in [0.05, 0.1) is 6.61 Å². The molecule has 1 aromatic rings. The summed E-state index contributed by atoms with van der Waals surface area (Å²) in [6.07, 6.45) is 0.553. The van der Waals surface area contributed by atoms with Gasteiger partial charge in [-0.15, -0.1) is 24.2 Å². The second kappa shape index (κ2) is 13.2. The van der Waals surface area contributed by atoms with E-state index >= 15 is 0 Å². The number of benzene rings is 1. The van der Waals surface area contributed by atoms with Crippen molar-refractivity contribution in [3.8, 4) is 0 Å². The summed E-state index contributed by atoms with van der Waals surface area (Å²) >= 11 is 1.71. The molecule has 2 N–H and O–H groups in total. The van der Waals surface area contributed by atoms with Gasteiger partial charge in [-0.25, -0.2) is 0 Å². The molecule has 0 unspecified atom stereocenters. The Morgan fingerprint density at radius 2 is 1.95 bits per heavy atom. The lowest BCUT2D eigenvalue weighted by Crippen LogP contribution is -2.33. The highest BCUT2D eigenvalue weighted by Crippen LogP contribution is 2.17. The van der Waals surface area contributed by atoms with Gasteiger partial charge in [0.15, 0.2) is 0 Å². The molecule has 20 heavy (non-hydrogen) atoms. The molecule has 6 heteroatoms. The molecule has 0 aliphatic carbocycles. The predicted molar refractivity (Wildman–Crippen MR) is 86.8 cm³/mol. The average molecular weight is 319 g/mol. The van der Waals surface area contributed by atoms with Gasteiger partial charge in [-0.2, -0.15) is 0 Å². The average Bonchev–Trinajstić information content (AvgIpc) is 2.44. The highest BCUT2D eigenvalue weighted by Gasteiger charge is 2.00. The van der Waals surface area contributed by atoms with E-state index in [1.807, 2.05) is 18.2 Å². The van der Waals surface area contributed by atoms with Crippen LogP contribution in [0, 0.1) is 0 Å².